The normalized spacial score (nSPS) is 17.1. The molecule has 1 aliphatic rings. The highest BCUT2D eigenvalue weighted by Gasteiger charge is 2.32. The smallest absolute Gasteiger partial charge is 0.342 e. The first kappa shape index (κ1) is 18.1. The van der Waals surface area contributed by atoms with Gasteiger partial charge in [0, 0.05) is 30.3 Å². The Bertz CT molecular complexity index is 614. The average molecular weight is 337 g/mol. The highest BCUT2D eigenvalue weighted by atomic mass is 16.5. The van der Waals surface area contributed by atoms with Crippen molar-refractivity contribution in [2.75, 3.05) is 33.4 Å². The minimum atomic E-state index is -1.33. The quantitative estimate of drug-likeness (QED) is 0.504. The van der Waals surface area contributed by atoms with Gasteiger partial charge in [0.1, 0.15) is 0 Å². The molecule has 9 heteroatoms. The lowest BCUT2D eigenvalue weighted by atomic mass is 9.92. The van der Waals surface area contributed by atoms with Crippen LogP contribution in [0, 0.1) is 0 Å². The van der Waals surface area contributed by atoms with Crippen molar-refractivity contribution in [2.45, 2.75) is 32.2 Å². The third-order valence-corrected chi connectivity index (χ3v) is 3.63. The molecule has 0 radical (unpaired) electrons. The summed E-state index contributed by atoms with van der Waals surface area (Å²) < 4.78 is 9.87. The fraction of sp³-hybridized carbons (Fsp3) is 0.667. The highest BCUT2D eigenvalue weighted by molar-refractivity contribution is 6.02. The number of carbonyl (C=O) groups excluding carboxylic acids is 2. The Labute approximate surface area is 140 Å². The van der Waals surface area contributed by atoms with Crippen LogP contribution in [0.2, 0.25) is 0 Å². The molecule has 1 aliphatic heterocycles. The Morgan fingerprint density at radius 1 is 1.38 bits per heavy atom. The first-order valence-corrected chi connectivity index (χ1v) is 7.74. The summed E-state index contributed by atoms with van der Waals surface area (Å²) in [5.41, 5.74) is 0.761. The summed E-state index contributed by atoms with van der Waals surface area (Å²) in [7, 11) is 1.21. The summed E-state index contributed by atoms with van der Waals surface area (Å²) in [5.74, 6) is -0.883. The zero-order valence-electron chi connectivity index (χ0n) is 14.4. The van der Waals surface area contributed by atoms with Crippen LogP contribution in [0.1, 0.15) is 26.5 Å². The Morgan fingerprint density at radius 2 is 2.04 bits per heavy atom. The lowest BCUT2D eigenvalue weighted by Gasteiger charge is -2.27. The van der Waals surface area contributed by atoms with Gasteiger partial charge in [-0.25, -0.2) is 4.79 Å². The van der Waals surface area contributed by atoms with Crippen LogP contribution in [-0.4, -0.2) is 66.4 Å². The number of aromatic nitrogens is 2. The number of nitrogens with one attached hydrogen (secondary N) is 1. The molecule has 1 saturated heterocycles. The van der Waals surface area contributed by atoms with Gasteiger partial charge in [-0.15, -0.1) is 5.11 Å². The molecular formula is C15H23N5O4. The lowest BCUT2D eigenvalue weighted by molar-refractivity contribution is -0.150. The van der Waals surface area contributed by atoms with Crippen LogP contribution in [0.3, 0.4) is 0 Å². The zero-order chi connectivity index (χ0) is 17.7. The Morgan fingerprint density at radius 3 is 2.58 bits per heavy atom. The summed E-state index contributed by atoms with van der Waals surface area (Å²) in [6.45, 7) is 7.79. The summed E-state index contributed by atoms with van der Waals surface area (Å²) in [6, 6.07) is 0.403. The largest absolute Gasteiger partial charge is 0.467 e. The molecule has 1 N–H and O–H groups in total. The van der Waals surface area contributed by atoms with E-state index in [1.807, 2.05) is 20.8 Å². The van der Waals surface area contributed by atoms with Crippen molar-refractivity contribution in [2.24, 2.45) is 10.2 Å². The number of aromatic amines is 1. The molecular weight excluding hydrogens is 314 g/mol. The number of hydrogen-bond acceptors (Lipinski definition) is 7. The zero-order valence-corrected chi connectivity index (χ0v) is 14.4. The van der Waals surface area contributed by atoms with Crippen LogP contribution in [0.4, 0.5) is 5.82 Å². The monoisotopic (exact) mass is 337 g/mol. The maximum absolute atomic E-state index is 12.5. The van der Waals surface area contributed by atoms with Gasteiger partial charge in [0.2, 0.25) is 6.04 Å². The van der Waals surface area contributed by atoms with E-state index in [1.165, 1.54) is 12.0 Å². The van der Waals surface area contributed by atoms with Crippen molar-refractivity contribution < 1.29 is 19.1 Å². The molecule has 1 atom stereocenters. The molecule has 1 fully saturated rings. The number of ether oxygens (including phenoxy) is 2. The summed E-state index contributed by atoms with van der Waals surface area (Å²) in [5, 5.41) is 14.7. The molecule has 9 nitrogen and oxygen atoms in total. The number of H-pyrrole nitrogens is 1. The standard InChI is InChI=1S/C15H23N5O4/c1-15(2,3)10-9-11(17-16-10)18-19-12(14(22)23-4)13(21)20-5-7-24-8-6-20/h9,12H,5-8H2,1-4H3,(H,16,17). The average Bonchev–Trinajstić information content (AvgIpc) is 3.04. The Balaban J connectivity index is 2.14. The number of methoxy groups -OCH3 is 1. The van der Waals surface area contributed by atoms with Crippen molar-refractivity contribution in [3.05, 3.63) is 11.8 Å². The highest BCUT2D eigenvalue weighted by Crippen LogP contribution is 2.23. The van der Waals surface area contributed by atoms with E-state index < -0.39 is 17.9 Å². The van der Waals surface area contributed by atoms with Crippen molar-refractivity contribution in [1.82, 2.24) is 15.1 Å². The van der Waals surface area contributed by atoms with Crippen molar-refractivity contribution in [3.63, 3.8) is 0 Å². The van der Waals surface area contributed by atoms with Gasteiger partial charge in [0.15, 0.2) is 5.82 Å². The van der Waals surface area contributed by atoms with E-state index in [0.29, 0.717) is 32.1 Å². The lowest BCUT2D eigenvalue weighted by Crippen LogP contribution is -2.47. The van der Waals surface area contributed by atoms with Crippen LogP contribution in [-0.2, 0) is 24.5 Å². The third-order valence-electron chi connectivity index (χ3n) is 3.63. The second kappa shape index (κ2) is 7.52. The van der Waals surface area contributed by atoms with Crippen LogP contribution < -0.4 is 0 Å². The summed E-state index contributed by atoms with van der Waals surface area (Å²) in [6.07, 6.45) is 0. The number of esters is 1. The van der Waals surface area contributed by atoms with E-state index in [4.69, 9.17) is 4.74 Å². The second-order valence-electron chi connectivity index (χ2n) is 6.47. The van der Waals surface area contributed by atoms with Gasteiger partial charge in [-0.05, 0) is 0 Å². The SMILES string of the molecule is COC(=O)C(N=Nc1cc(C(C)(C)C)[nH]n1)C(=O)N1CCOCC1. The van der Waals surface area contributed by atoms with Gasteiger partial charge in [0.05, 0.1) is 20.3 Å². The first-order chi connectivity index (χ1) is 11.3. The second-order valence-corrected chi connectivity index (χ2v) is 6.47. The van der Waals surface area contributed by atoms with E-state index in [9.17, 15) is 9.59 Å². The Kier molecular flexibility index (Phi) is 5.66. The van der Waals surface area contributed by atoms with E-state index in [1.54, 1.807) is 6.07 Å². The number of amides is 1. The molecule has 1 amide bonds. The number of nitrogens with zero attached hydrogens (tertiary/aromatic N) is 4. The van der Waals surface area contributed by atoms with Crippen molar-refractivity contribution in [3.8, 4) is 0 Å². The van der Waals surface area contributed by atoms with E-state index >= 15 is 0 Å². The van der Waals surface area contributed by atoms with Gasteiger partial charge in [-0.3, -0.25) is 9.89 Å². The number of carbonyl (C=O) groups is 2. The maximum atomic E-state index is 12.5. The van der Waals surface area contributed by atoms with Gasteiger partial charge >= 0.3 is 5.97 Å². The predicted molar refractivity (Wildman–Crippen MR) is 85.0 cm³/mol. The Hall–Kier alpha value is -2.29. The van der Waals surface area contributed by atoms with E-state index in [2.05, 4.69) is 25.2 Å². The molecule has 0 saturated carbocycles. The molecule has 24 heavy (non-hydrogen) atoms. The van der Waals surface area contributed by atoms with Gasteiger partial charge in [-0.2, -0.15) is 10.2 Å². The van der Waals surface area contributed by atoms with Gasteiger partial charge in [-0.1, -0.05) is 20.8 Å². The molecule has 1 unspecified atom stereocenters. The molecule has 0 aliphatic carbocycles. The van der Waals surface area contributed by atoms with Crippen molar-refractivity contribution in [1.29, 1.82) is 0 Å². The fourth-order valence-corrected chi connectivity index (χ4v) is 2.13. The number of rotatable bonds is 4. The molecule has 1 aromatic rings. The van der Waals surface area contributed by atoms with Gasteiger partial charge in [0.25, 0.3) is 5.91 Å². The van der Waals surface area contributed by atoms with Gasteiger partial charge < -0.3 is 14.4 Å². The molecule has 0 bridgehead atoms. The minimum absolute atomic E-state index is 0.119. The number of hydrogen-bond donors (Lipinski definition) is 1. The van der Waals surface area contributed by atoms with Crippen LogP contribution >= 0.6 is 0 Å². The molecule has 2 heterocycles. The van der Waals surface area contributed by atoms with Crippen LogP contribution in [0.5, 0.6) is 0 Å². The minimum Gasteiger partial charge on any atom is -0.467 e. The maximum Gasteiger partial charge on any atom is 0.342 e. The van der Waals surface area contributed by atoms with E-state index in [-0.39, 0.29) is 5.41 Å². The number of azo groups is 1. The predicted octanol–water partition coefficient (Wildman–Crippen LogP) is 1.19. The molecule has 1 aromatic heterocycles. The van der Waals surface area contributed by atoms with Crippen molar-refractivity contribution >= 4 is 17.7 Å². The summed E-state index contributed by atoms with van der Waals surface area (Å²) in [4.78, 5) is 25.9. The molecule has 2 rings (SSSR count). The topological polar surface area (TPSA) is 109 Å². The first-order valence-electron chi connectivity index (χ1n) is 7.74. The van der Waals surface area contributed by atoms with Crippen LogP contribution in [0.15, 0.2) is 16.3 Å². The molecule has 0 spiro atoms. The summed E-state index contributed by atoms with van der Waals surface area (Å²) >= 11 is 0. The fourth-order valence-electron chi connectivity index (χ4n) is 2.13. The third kappa shape index (κ3) is 4.38. The molecule has 0 aromatic carbocycles. The molecule has 132 valence electrons. The van der Waals surface area contributed by atoms with E-state index in [0.717, 1.165) is 5.69 Å². The number of morpholine rings is 1. The van der Waals surface area contributed by atoms with Crippen LogP contribution in [0.25, 0.3) is 0 Å².